The largest absolute Gasteiger partial charge is 0.366 e. The number of carbonyl (C=O) groups excluding carboxylic acids is 2. The molecule has 1 aromatic carbocycles. The molecule has 0 bridgehead atoms. The van der Waals surface area contributed by atoms with Gasteiger partial charge >= 0.3 is 0 Å². The number of primary amides is 1. The standard InChI is InChI=1S/C23H24ClN5O2/c1-13(14-5-4-6-15(7-14)21(25)30)22(31)28-20-8-16(18(24)11-26-20)17-10-27-29-12-23(2,3)9-19(17)29/h4-8,10-11,13H,9,12H2,1-3H3,(H2,25,30)(H,26,28,31)/t13-/m1/s1. The topological polar surface area (TPSA) is 103 Å². The summed E-state index contributed by atoms with van der Waals surface area (Å²) < 4.78 is 2.01. The molecule has 1 atom stereocenters. The number of hydrogen-bond donors (Lipinski definition) is 2. The number of aromatic nitrogens is 3. The van der Waals surface area contributed by atoms with Gasteiger partial charge in [0.1, 0.15) is 5.82 Å². The number of pyridine rings is 1. The number of anilines is 1. The lowest BCUT2D eigenvalue weighted by Crippen LogP contribution is -2.20. The van der Waals surface area contributed by atoms with Crippen LogP contribution in [-0.2, 0) is 17.8 Å². The Kier molecular flexibility index (Phi) is 5.31. The lowest BCUT2D eigenvalue weighted by molar-refractivity contribution is -0.117. The number of amides is 2. The molecule has 0 aliphatic carbocycles. The van der Waals surface area contributed by atoms with Gasteiger partial charge < -0.3 is 11.1 Å². The summed E-state index contributed by atoms with van der Waals surface area (Å²) in [7, 11) is 0. The molecular weight excluding hydrogens is 414 g/mol. The third kappa shape index (κ3) is 4.18. The maximum absolute atomic E-state index is 12.8. The molecule has 3 N–H and O–H groups in total. The summed E-state index contributed by atoms with van der Waals surface area (Å²) in [5.74, 6) is -0.875. The molecule has 8 heteroatoms. The summed E-state index contributed by atoms with van der Waals surface area (Å²) in [6.07, 6.45) is 4.25. The van der Waals surface area contributed by atoms with E-state index in [1.165, 1.54) is 6.20 Å². The molecule has 1 aliphatic heterocycles. The van der Waals surface area contributed by atoms with Crippen LogP contribution in [0.4, 0.5) is 5.82 Å². The third-order valence-corrected chi connectivity index (χ3v) is 5.93. The van der Waals surface area contributed by atoms with Crippen molar-refractivity contribution in [1.82, 2.24) is 14.8 Å². The average molecular weight is 438 g/mol. The van der Waals surface area contributed by atoms with Crippen molar-refractivity contribution >= 4 is 29.2 Å². The van der Waals surface area contributed by atoms with E-state index in [1.54, 1.807) is 37.3 Å². The van der Waals surface area contributed by atoms with Gasteiger partial charge in [-0.3, -0.25) is 14.3 Å². The molecule has 3 heterocycles. The second kappa shape index (κ2) is 7.81. The second-order valence-corrected chi connectivity index (χ2v) is 9.16. The summed E-state index contributed by atoms with van der Waals surface area (Å²) in [6, 6.07) is 8.52. The van der Waals surface area contributed by atoms with Crippen LogP contribution in [-0.4, -0.2) is 26.6 Å². The number of nitrogens with one attached hydrogen (secondary N) is 1. The van der Waals surface area contributed by atoms with Gasteiger partial charge in [-0.25, -0.2) is 4.98 Å². The minimum absolute atomic E-state index is 0.143. The van der Waals surface area contributed by atoms with Crippen LogP contribution in [0.25, 0.3) is 11.1 Å². The highest BCUT2D eigenvalue weighted by atomic mass is 35.5. The smallest absolute Gasteiger partial charge is 0.248 e. The fourth-order valence-electron chi connectivity index (χ4n) is 3.93. The average Bonchev–Trinajstić information content (AvgIpc) is 3.23. The van der Waals surface area contributed by atoms with E-state index >= 15 is 0 Å². The van der Waals surface area contributed by atoms with Crippen LogP contribution < -0.4 is 11.1 Å². The monoisotopic (exact) mass is 437 g/mol. The van der Waals surface area contributed by atoms with Crippen molar-refractivity contribution in [2.24, 2.45) is 11.1 Å². The molecule has 0 saturated carbocycles. The zero-order valence-electron chi connectivity index (χ0n) is 17.6. The first-order chi connectivity index (χ1) is 14.6. The van der Waals surface area contributed by atoms with Crippen molar-refractivity contribution in [2.75, 3.05) is 5.32 Å². The van der Waals surface area contributed by atoms with Crippen molar-refractivity contribution in [3.63, 3.8) is 0 Å². The number of benzene rings is 1. The number of nitrogens with two attached hydrogens (primary N) is 1. The van der Waals surface area contributed by atoms with Crippen molar-refractivity contribution in [3.05, 3.63) is 64.6 Å². The zero-order valence-corrected chi connectivity index (χ0v) is 18.4. The van der Waals surface area contributed by atoms with Gasteiger partial charge in [-0.05, 0) is 42.5 Å². The van der Waals surface area contributed by atoms with Gasteiger partial charge in [0.15, 0.2) is 0 Å². The molecule has 0 spiro atoms. The van der Waals surface area contributed by atoms with Crippen LogP contribution in [0.3, 0.4) is 0 Å². The van der Waals surface area contributed by atoms with Crippen LogP contribution >= 0.6 is 11.6 Å². The van der Waals surface area contributed by atoms with Gasteiger partial charge in [0.25, 0.3) is 0 Å². The SMILES string of the molecule is C[C@@H](C(=O)Nc1cc(-c2cnn3c2CC(C)(C)C3)c(Cl)cn1)c1cccc(C(N)=O)c1. The number of halogens is 1. The van der Waals surface area contributed by atoms with Gasteiger partial charge in [0.2, 0.25) is 11.8 Å². The number of hydrogen-bond acceptors (Lipinski definition) is 4. The molecular formula is C23H24ClN5O2. The first-order valence-corrected chi connectivity index (χ1v) is 10.4. The molecule has 2 aromatic heterocycles. The lowest BCUT2D eigenvalue weighted by Gasteiger charge is -2.15. The molecule has 7 nitrogen and oxygen atoms in total. The Morgan fingerprint density at radius 2 is 2.00 bits per heavy atom. The molecule has 4 rings (SSSR count). The van der Waals surface area contributed by atoms with Crippen LogP contribution in [0.15, 0.2) is 42.7 Å². The number of fused-ring (bicyclic) bond motifs is 1. The summed E-state index contributed by atoms with van der Waals surface area (Å²) in [5.41, 5.74) is 9.42. The highest BCUT2D eigenvalue weighted by Crippen LogP contribution is 2.39. The van der Waals surface area contributed by atoms with E-state index in [0.717, 1.165) is 29.8 Å². The number of nitrogens with zero attached hydrogens (tertiary/aromatic N) is 3. The lowest BCUT2D eigenvalue weighted by atomic mass is 9.89. The van der Waals surface area contributed by atoms with Crippen LogP contribution in [0.5, 0.6) is 0 Å². The fraction of sp³-hybridized carbons (Fsp3) is 0.304. The minimum atomic E-state index is -0.532. The Balaban J connectivity index is 1.58. The van der Waals surface area contributed by atoms with Crippen molar-refractivity contribution in [3.8, 4) is 11.1 Å². The predicted molar refractivity (Wildman–Crippen MR) is 120 cm³/mol. The fourth-order valence-corrected chi connectivity index (χ4v) is 4.14. The Bertz CT molecular complexity index is 1180. The highest BCUT2D eigenvalue weighted by molar-refractivity contribution is 6.33. The summed E-state index contributed by atoms with van der Waals surface area (Å²) in [5, 5.41) is 7.85. The molecule has 160 valence electrons. The Labute approximate surface area is 185 Å². The van der Waals surface area contributed by atoms with E-state index in [0.29, 0.717) is 22.0 Å². The quantitative estimate of drug-likeness (QED) is 0.629. The molecule has 0 radical (unpaired) electrons. The minimum Gasteiger partial charge on any atom is -0.366 e. The number of carbonyl (C=O) groups is 2. The molecule has 0 unspecified atom stereocenters. The van der Waals surface area contributed by atoms with E-state index in [-0.39, 0.29) is 11.3 Å². The van der Waals surface area contributed by atoms with Crippen LogP contribution in [0, 0.1) is 5.41 Å². The maximum Gasteiger partial charge on any atom is 0.248 e. The molecule has 1 aliphatic rings. The Morgan fingerprint density at radius 3 is 2.74 bits per heavy atom. The third-order valence-electron chi connectivity index (χ3n) is 5.63. The van der Waals surface area contributed by atoms with Crippen LogP contribution in [0.1, 0.15) is 48.3 Å². The molecule has 0 saturated heterocycles. The summed E-state index contributed by atoms with van der Waals surface area (Å²) in [6.45, 7) is 7.04. The Morgan fingerprint density at radius 1 is 1.23 bits per heavy atom. The second-order valence-electron chi connectivity index (χ2n) is 8.75. The zero-order chi connectivity index (χ0) is 22.3. The maximum atomic E-state index is 12.8. The van der Waals surface area contributed by atoms with E-state index in [1.807, 2.05) is 10.9 Å². The first-order valence-electron chi connectivity index (χ1n) is 10.1. The summed E-state index contributed by atoms with van der Waals surface area (Å²) >= 11 is 6.45. The number of rotatable bonds is 5. The molecule has 2 amide bonds. The van der Waals surface area contributed by atoms with E-state index in [4.69, 9.17) is 17.3 Å². The van der Waals surface area contributed by atoms with Gasteiger partial charge in [-0.2, -0.15) is 5.10 Å². The molecule has 3 aromatic rings. The van der Waals surface area contributed by atoms with Crippen LogP contribution in [0.2, 0.25) is 5.02 Å². The van der Waals surface area contributed by atoms with Crippen molar-refractivity contribution < 1.29 is 9.59 Å². The molecule has 31 heavy (non-hydrogen) atoms. The van der Waals surface area contributed by atoms with Crippen molar-refractivity contribution in [2.45, 2.75) is 39.7 Å². The summed E-state index contributed by atoms with van der Waals surface area (Å²) in [4.78, 5) is 28.5. The molecule has 0 fully saturated rings. The van der Waals surface area contributed by atoms with Gasteiger partial charge in [0.05, 0.1) is 17.1 Å². The van der Waals surface area contributed by atoms with Crippen molar-refractivity contribution in [1.29, 1.82) is 0 Å². The van der Waals surface area contributed by atoms with Gasteiger partial charge in [-0.15, -0.1) is 0 Å². The van der Waals surface area contributed by atoms with E-state index < -0.39 is 11.8 Å². The normalized spacial score (nSPS) is 15.4. The van der Waals surface area contributed by atoms with Gasteiger partial charge in [0, 0.05) is 35.1 Å². The van der Waals surface area contributed by atoms with E-state index in [2.05, 4.69) is 29.2 Å². The highest BCUT2D eigenvalue weighted by Gasteiger charge is 2.32. The predicted octanol–water partition coefficient (Wildman–Crippen LogP) is 4.02. The van der Waals surface area contributed by atoms with Gasteiger partial charge in [-0.1, -0.05) is 37.6 Å². The Hall–Kier alpha value is -3.19. The first kappa shape index (κ1) is 21.1. The van der Waals surface area contributed by atoms with E-state index in [9.17, 15) is 9.59 Å².